The highest BCUT2D eigenvalue weighted by atomic mass is 16.4. The van der Waals surface area contributed by atoms with Crippen LogP contribution in [0.5, 0.6) is 0 Å². The molecular weight excluding hydrogens is 208 g/mol. The molecule has 0 aliphatic carbocycles. The van der Waals surface area contributed by atoms with Gasteiger partial charge in [0.1, 0.15) is 5.82 Å². The Labute approximate surface area is 93.7 Å². The van der Waals surface area contributed by atoms with Crippen molar-refractivity contribution in [1.29, 1.82) is 0 Å². The molecule has 0 aliphatic heterocycles. The van der Waals surface area contributed by atoms with Crippen LogP contribution in [0.2, 0.25) is 0 Å². The second-order valence-electron chi connectivity index (χ2n) is 3.76. The van der Waals surface area contributed by atoms with E-state index in [9.17, 15) is 9.59 Å². The maximum absolute atomic E-state index is 11.7. The van der Waals surface area contributed by atoms with E-state index in [0.717, 1.165) is 0 Å². The third-order valence-corrected chi connectivity index (χ3v) is 2.16. The van der Waals surface area contributed by atoms with Crippen LogP contribution >= 0.6 is 0 Å². The SMILES string of the molecule is CC(C)C(=O)N(C)c1cc(C(=O)O)ccn1. The van der Waals surface area contributed by atoms with E-state index in [1.54, 1.807) is 20.9 Å². The number of hydrogen-bond donors (Lipinski definition) is 1. The Balaban J connectivity index is 3.00. The number of rotatable bonds is 3. The summed E-state index contributed by atoms with van der Waals surface area (Å²) in [6.07, 6.45) is 1.38. The molecule has 1 heterocycles. The average Bonchev–Trinajstić information content (AvgIpc) is 2.27. The van der Waals surface area contributed by atoms with Gasteiger partial charge in [0.25, 0.3) is 0 Å². The molecular formula is C11H14N2O3. The molecule has 0 saturated heterocycles. The third kappa shape index (κ3) is 2.56. The number of carboxylic acid groups (broad SMARTS) is 1. The molecule has 0 saturated carbocycles. The Morgan fingerprint density at radius 1 is 1.44 bits per heavy atom. The van der Waals surface area contributed by atoms with Gasteiger partial charge in [-0.3, -0.25) is 9.69 Å². The zero-order valence-corrected chi connectivity index (χ0v) is 9.47. The molecule has 1 N–H and O–H groups in total. The van der Waals surface area contributed by atoms with Gasteiger partial charge in [-0.1, -0.05) is 13.8 Å². The number of aromatic carboxylic acids is 1. The summed E-state index contributed by atoms with van der Waals surface area (Å²) in [6.45, 7) is 3.56. The van der Waals surface area contributed by atoms with Crippen LogP contribution in [0.25, 0.3) is 0 Å². The second kappa shape index (κ2) is 4.74. The van der Waals surface area contributed by atoms with Crippen LogP contribution in [0.4, 0.5) is 5.82 Å². The second-order valence-corrected chi connectivity index (χ2v) is 3.76. The summed E-state index contributed by atoms with van der Waals surface area (Å²) in [6, 6.07) is 2.77. The molecule has 0 atom stereocenters. The molecule has 1 rings (SSSR count). The molecule has 1 aromatic rings. The van der Waals surface area contributed by atoms with Crippen LogP contribution < -0.4 is 4.90 Å². The summed E-state index contributed by atoms with van der Waals surface area (Å²) < 4.78 is 0. The molecule has 5 nitrogen and oxygen atoms in total. The molecule has 0 aromatic carbocycles. The molecule has 0 aliphatic rings. The van der Waals surface area contributed by atoms with Crippen LogP contribution in [-0.4, -0.2) is 29.0 Å². The van der Waals surface area contributed by atoms with Gasteiger partial charge in [-0.2, -0.15) is 0 Å². The molecule has 1 amide bonds. The van der Waals surface area contributed by atoms with Crippen molar-refractivity contribution in [3.05, 3.63) is 23.9 Å². The van der Waals surface area contributed by atoms with Crippen LogP contribution in [0.15, 0.2) is 18.3 Å². The quantitative estimate of drug-likeness (QED) is 0.839. The molecule has 1 aromatic heterocycles. The molecule has 0 bridgehead atoms. The summed E-state index contributed by atoms with van der Waals surface area (Å²) in [5.74, 6) is -0.942. The molecule has 0 radical (unpaired) electrons. The summed E-state index contributed by atoms with van der Waals surface area (Å²) in [5, 5.41) is 8.81. The lowest BCUT2D eigenvalue weighted by Crippen LogP contribution is -2.31. The molecule has 0 spiro atoms. The minimum absolute atomic E-state index is 0.102. The zero-order chi connectivity index (χ0) is 12.3. The van der Waals surface area contributed by atoms with Crippen molar-refractivity contribution in [2.24, 2.45) is 5.92 Å². The topological polar surface area (TPSA) is 70.5 Å². The summed E-state index contributed by atoms with van der Waals surface area (Å²) in [5.41, 5.74) is 0.119. The maximum Gasteiger partial charge on any atom is 0.335 e. The molecule has 0 fully saturated rings. The van der Waals surface area contributed by atoms with Crippen LogP contribution in [-0.2, 0) is 4.79 Å². The Morgan fingerprint density at radius 3 is 2.56 bits per heavy atom. The number of nitrogens with zero attached hydrogens (tertiary/aromatic N) is 2. The van der Waals surface area contributed by atoms with Gasteiger partial charge in [-0.25, -0.2) is 9.78 Å². The van der Waals surface area contributed by atoms with E-state index in [1.165, 1.54) is 23.2 Å². The number of aromatic nitrogens is 1. The van der Waals surface area contributed by atoms with Crippen molar-refractivity contribution in [3.63, 3.8) is 0 Å². The number of hydrogen-bond acceptors (Lipinski definition) is 3. The lowest BCUT2D eigenvalue weighted by atomic mass is 10.2. The van der Waals surface area contributed by atoms with Crippen molar-refractivity contribution >= 4 is 17.7 Å². The monoisotopic (exact) mass is 222 g/mol. The van der Waals surface area contributed by atoms with Gasteiger partial charge < -0.3 is 5.11 Å². The highest BCUT2D eigenvalue weighted by Crippen LogP contribution is 2.13. The fourth-order valence-corrected chi connectivity index (χ4v) is 1.24. The predicted octanol–water partition coefficient (Wildman–Crippen LogP) is 1.40. The maximum atomic E-state index is 11.7. The lowest BCUT2D eigenvalue weighted by Gasteiger charge is -2.18. The number of carboxylic acids is 1. The first-order valence-electron chi connectivity index (χ1n) is 4.90. The molecule has 16 heavy (non-hydrogen) atoms. The standard InChI is InChI=1S/C11H14N2O3/c1-7(2)10(14)13(3)9-6-8(11(15)16)4-5-12-9/h4-7H,1-3H3,(H,15,16). The van der Waals surface area contributed by atoms with Crippen molar-refractivity contribution in [1.82, 2.24) is 4.98 Å². The summed E-state index contributed by atoms with van der Waals surface area (Å²) in [4.78, 5) is 27.7. The van der Waals surface area contributed by atoms with Crippen LogP contribution in [0, 0.1) is 5.92 Å². The normalized spacial score (nSPS) is 10.2. The minimum Gasteiger partial charge on any atom is -0.478 e. The number of anilines is 1. The smallest absolute Gasteiger partial charge is 0.335 e. The number of amides is 1. The predicted molar refractivity (Wildman–Crippen MR) is 59.4 cm³/mol. The zero-order valence-electron chi connectivity index (χ0n) is 9.47. The Kier molecular flexibility index (Phi) is 3.60. The van der Waals surface area contributed by atoms with E-state index in [-0.39, 0.29) is 17.4 Å². The van der Waals surface area contributed by atoms with Crippen molar-refractivity contribution in [2.45, 2.75) is 13.8 Å². The van der Waals surface area contributed by atoms with Gasteiger partial charge >= 0.3 is 5.97 Å². The molecule has 5 heteroatoms. The Hall–Kier alpha value is -1.91. The van der Waals surface area contributed by atoms with Gasteiger partial charge in [0.05, 0.1) is 5.56 Å². The minimum atomic E-state index is -1.03. The van der Waals surface area contributed by atoms with Gasteiger partial charge in [0.15, 0.2) is 0 Å². The highest BCUT2D eigenvalue weighted by Gasteiger charge is 2.16. The first-order valence-corrected chi connectivity index (χ1v) is 4.90. The average molecular weight is 222 g/mol. The van der Waals surface area contributed by atoms with Gasteiger partial charge in [-0.15, -0.1) is 0 Å². The van der Waals surface area contributed by atoms with Gasteiger partial charge in [0.2, 0.25) is 5.91 Å². The van der Waals surface area contributed by atoms with E-state index in [0.29, 0.717) is 5.82 Å². The highest BCUT2D eigenvalue weighted by molar-refractivity contribution is 5.95. The van der Waals surface area contributed by atoms with Gasteiger partial charge in [-0.05, 0) is 12.1 Å². The molecule has 0 unspecified atom stereocenters. The van der Waals surface area contributed by atoms with E-state index < -0.39 is 5.97 Å². The fourth-order valence-electron chi connectivity index (χ4n) is 1.24. The first kappa shape index (κ1) is 12.2. The van der Waals surface area contributed by atoms with Crippen molar-refractivity contribution < 1.29 is 14.7 Å². The summed E-state index contributed by atoms with van der Waals surface area (Å²) in [7, 11) is 1.58. The number of carbonyl (C=O) groups excluding carboxylic acids is 1. The molecule has 86 valence electrons. The number of pyridine rings is 1. The summed E-state index contributed by atoms with van der Waals surface area (Å²) >= 11 is 0. The van der Waals surface area contributed by atoms with Gasteiger partial charge in [0, 0.05) is 19.2 Å². The van der Waals surface area contributed by atoms with E-state index >= 15 is 0 Å². The fraction of sp³-hybridized carbons (Fsp3) is 0.364. The number of carbonyl (C=O) groups is 2. The first-order chi connectivity index (χ1) is 7.43. The van der Waals surface area contributed by atoms with E-state index in [2.05, 4.69) is 4.98 Å². The largest absolute Gasteiger partial charge is 0.478 e. The van der Waals surface area contributed by atoms with Crippen molar-refractivity contribution in [2.75, 3.05) is 11.9 Å². The van der Waals surface area contributed by atoms with E-state index in [4.69, 9.17) is 5.11 Å². The van der Waals surface area contributed by atoms with Crippen LogP contribution in [0.3, 0.4) is 0 Å². The Morgan fingerprint density at radius 2 is 2.06 bits per heavy atom. The Bertz CT molecular complexity index is 415. The van der Waals surface area contributed by atoms with Crippen LogP contribution in [0.1, 0.15) is 24.2 Å². The third-order valence-electron chi connectivity index (χ3n) is 2.16. The van der Waals surface area contributed by atoms with E-state index in [1.807, 2.05) is 0 Å². The lowest BCUT2D eigenvalue weighted by molar-refractivity contribution is -0.121. The van der Waals surface area contributed by atoms with Crippen molar-refractivity contribution in [3.8, 4) is 0 Å².